The topological polar surface area (TPSA) is 17.1 Å². The van der Waals surface area contributed by atoms with Crippen LogP contribution in [0.2, 0.25) is 5.02 Å². The SMILES string of the molecule is CC(C)C(=O)C(F)(F)c1cccc(Cl)c1. The summed E-state index contributed by atoms with van der Waals surface area (Å²) in [4.78, 5) is 11.3. The summed E-state index contributed by atoms with van der Waals surface area (Å²) in [5.74, 6) is -5.26. The van der Waals surface area contributed by atoms with Crippen LogP contribution in [0.1, 0.15) is 19.4 Å². The van der Waals surface area contributed by atoms with E-state index in [1.807, 2.05) is 0 Å². The molecule has 0 unspecified atom stereocenters. The van der Waals surface area contributed by atoms with Crippen molar-refractivity contribution >= 4 is 17.4 Å². The van der Waals surface area contributed by atoms with Gasteiger partial charge in [0.15, 0.2) is 0 Å². The number of alkyl halides is 2. The Morgan fingerprint density at radius 1 is 1.40 bits per heavy atom. The molecule has 1 aromatic carbocycles. The number of hydrogen-bond acceptors (Lipinski definition) is 1. The van der Waals surface area contributed by atoms with Gasteiger partial charge in [0.05, 0.1) is 0 Å². The fraction of sp³-hybridized carbons (Fsp3) is 0.364. The van der Waals surface area contributed by atoms with Crippen LogP contribution in [0.3, 0.4) is 0 Å². The van der Waals surface area contributed by atoms with E-state index in [1.54, 1.807) is 0 Å². The quantitative estimate of drug-likeness (QED) is 0.777. The molecule has 0 aliphatic rings. The number of Topliss-reactive ketones (excluding diaryl/α,β-unsaturated/α-hetero) is 1. The van der Waals surface area contributed by atoms with Crippen LogP contribution in [-0.2, 0) is 10.7 Å². The lowest BCUT2D eigenvalue weighted by Gasteiger charge is -2.17. The van der Waals surface area contributed by atoms with Gasteiger partial charge in [-0.1, -0.05) is 37.6 Å². The highest BCUT2D eigenvalue weighted by Gasteiger charge is 2.41. The first-order chi connectivity index (χ1) is 6.85. The molecule has 0 aliphatic carbocycles. The molecular formula is C11H11ClF2O. The zero-order chi connectivity index (χ0) is 11.6. The number of carbonyl (C=O) groups is 1. The first-order valence-corrected chi connectivity index (χ1v) is 4.91. The number of ketones is 1. The molecule has 0 saturated heterocycles. The van der Waals surface area contributed by atoms with Gasteiger partial charge < -0.3 is 0 Å². The van der Waals surface area contributed by atoms with Crippen molar-refractivity contribution < 1.29 is 13.6 Å². The molecule has 1 aromatic rings. The summed E-state index contributed by atoms with van der Waals surface area (Å²) in [5.41, 5.74) is -0.353. The van der Waals surface area contributed by atoms with Gasteiger partial charge in [-0.25, -0.2) is 0 Å². The number of benzene rings is 1. The monoisotopic (exact) mass is 232 g/mol. The molecule has 0 bridgehead atoms. The highest BCUT2D eigenvalue weighted by atomic mass is 35.5. The van der Waals surface area contributed by atoms with E-state index in [9.17, 15) is 13.6 Å². The van der Waals surface area contributed by atoms with Gasteiger partial charge in [0.1, 0.15) is 0 Å². The van der Waals surface area contributed by atoms with Crippen molar-refractivity contribution in [1.82, 2.24) is 0 Å². The van der Waals surface area contributed by atoms with Crippen molar-refractivity contribution in [3.63, 3.8) is 0 Å². The summed E-state index contributed by atoms with van der Waals surface area (Å²) >= 11 is 5.59. The van der Waals surface area contributed by atoms with E-state index in [2.05, 4.69) is 0 Å². The van der Waals surface area contributed by atoms with Gasteiger partial charge in [-0.05, 0) is 12.1 Å². The molecule has 0 aliphatic heterocycles. The average molecular weight is 233 g/mol. The third-order valence-electron chi connectivity index (χ3n) is 2.02. The van der Waals surface area contributed by atoms with Crippen LogP contribution in [0.4, 0.5) is 8.78 Å². The van der Waals surface area contributed by atoms with Crippen LogP contribution in [0.5, 0.6) is 0 Å². The van der Waals surface area contributed by atoms with Gasteiger partial charge in [-0.3, -0.25) is 4.79 Å². The molecule has 0 aromatic heterocycles. The zero-order valence-electron chi connectivity index (χ0n) is 8.43. The first-order valence-electron chi connectivity index (χ1n) is 4.54. The summed E-state index contributed by atoms with van der Waals surface area (Å²) in [7, 11) is 0. The van der Waals surface area contributed by atoms with E-state index < -0.39 is 17.6 Å². The molecule has 0 saturated carbocycles. The van der Waals surface area contributed by atoms with Gasteiger partial charge in [0.2, 0.25) is 5.78 Å². The first kappa shape index (κ1) is 12.1. The summed E-state index contributed by atoms with van der Waals surface area (Å²) in [6.45, 7) is 2.89. The Bertz CT molecular complexity index is 375. The van der Waals surface area contributed by atoms with E-state index in [0.29, 0.717) is 0 Å². The van der Waals surface area contributed by atoms with Gasteiger partial charge in [-0.2, -0.15) is 8.78 Å². The Balaban J connectivity index is 3.10. The van der Waals surface area contributed by atoms with Crippen molar-refractivity contribution in [2.45, 2.75) is 19.8 Å². The fourth-order valence-corrected chi connectivity index (χ4v) is 1.38. The zero-order valence-corrected chi connectivity index (χ0v) is 9.18. The van der Waals surface area contributed by atoms with E-state index in [-0.39, 0.29) is 10.6 Å². The molecule has 0 spiro atoms. The van der Waals surface area contributed by atoms with Crippen LogP contribution in [0.15, 0.2) is 24.3 Å². The summed E-state index contributed by atoms with van der Waals surface area (Å²) in [6.07, 6.45) is 0. The predicted molar refractivity (Wildman–Crippen MR) is 55.2 cm³/mol. The molecular weight excluding hydrogens is 222 g/mol. The summed E-state index contributed by atoms with van der Waals surface area (Å²) in [6, 6.07) is 5.20. The van der Waals surface area contributed by atoms with E-state index in [4.69, 9.17) is 11.6 Å². The van der Waals surface area contributed by atoms with Crippen LogP contribution in [0.25, 0.3) is 0 Å². The molecule has 0 radical (unpaired) electrons. The molecule has 0 fully saturated rings. The van der Waals surface area contributed by atoms with Crippen molar-refractivity contribution in [3.05, 3.63) is 34.9 Å². The maximum Gasteiger partial charge on any atom is 0.330 e. The van der Waals surface area contributed by atoms with Crippen molar-refractivity contribution in [2.75, 3.05) is 0 Å². The molecule has 0 amide bonds. The van der Waals surface area contributed by atoms with Crippen molar-refractivity contribution in [2.24, 2.45) is 5.92 Å². The second-order valence-electron chi connectivity index (χ2n) is 3.60. The van der Waals surface area contributed by atoms with Crippen LogP contribution < -0.4 is 0 Å². The minimum atomic E-state index is -3.46. The highest BCUT2D eigenvalue weighted by Crippen LogP contribution is 2.32. The lowest BCUT2D eigenvalue weighted by atomic mass is 9.97. The number of hydrogen-bond donors (Lipinski definition) is 0. The minimum absolute atomic E-state index is 0.198. The van der Waals surface area contributed by atoms with Crippen molar-refractivity contribution in [1.29, 1.82) is 0 Å². The maximum atomic E-state index is 13.6. The third kappa shape index (κ3) is 2.53. The second kappa shape index (κ2) is 4.27. The minimum Gasteiger partial charge on any atom is -0.292 e. The van der Waals surface area contributed by atoms with E-state index in [0.717, 1.165) is 6.07 Å². The Labute approximate surface area is 92.1 Å². The molecule has 0 N–H and O–H groups in total. The largest absolute Gasteiger partial charge is 0.330 e. The molecule has 4 heteroatoms. The smallest absolute Gasteiger partial charge is 0.292 e. The van der Waals surface area contributed by atoms with Gasteiger partial charge in [-0.15, -0.1) is 0 Å². The molecule has 15 heavy (non-hydrogen) atoms. The molecule has 0 heterocycles. The normalized spacial score (nSPS) is 11.9. The highest BCUT2D eigenvalue weighted by molar-refractivity contribution is 6.30. The molecule has 82 valence electrons. The van der Waals surface area contributed by atoms with Gasteiger partial charge in [0.25, 0.3) is 0 Å². The van der Waals surface area contributed by atoms with Crippen LogP contribution >= 0.6 is 11.6 Å². The van der Waals surface area contributed by atoms with Crippen LogP contribution in [-0.4, -0.2) is 5.78 Å². The number of carbonyl (C=O) groups excluding carboxylic acids is 1. The fourth-order valence-electron chi connectivity index (χ4n) is 1.19. The third-order valence-corrected chi connectivity index (χ3v) is 2.26. The number of halogens is 3. The lowest BCUT2D eigenvalue weighted by Crippen LogP contribution is -2.29. The Morgan fingerprint density at radius 3 is 2.47 bits per heavy atom. The molecule has 1 nitrogen and oxygen atoms in total. The Morgan fingerprint density at radius 2 is 2.00 bits per heavy atom. The average Bonchev–Trinajstić information content (AvgIpc) is 2.16. The second-order valence-corrected chi connectivity index (χ2v) is 4.04. The predicted octanol–water partition coefficient (Wildman–Crippen LogP) is 3.66. The standard InChI is InChI=1S/C11H11ClF2O/c1-7(2)10(15)11(13,14)8-4-3-5-9(12)6-8/h3-7H,1-2H3. The molecule has 0 atom stereocenters. The maximum absolute atomic E-state index is 13.6. The molecule has 1 rings (SSSR count). The van der Waals surface area contributed by atoms with E-state index >= 15 is 0 Å². The lowest BCUT2D eigenvalue weighted by molar-refractivity contribution is -0.147. The summed E-state index contributed by atoms with van der Waals surface area (Å²) < 4.78 is 27.1. The van der Waals surface area contributed by atoms with E-state index in [1.165, 1.54) is 32.0 Å². The number of rotatable bonds is 3. The Hall–Kier alpha value is -0.960. The van der Waals surface area contributed by atoms with Crippen LogP contribution in [0, 0.1) is 5.92 Å². The van der Waals surface area contributed by atoms with Crippen molar-refractivity contribution in [3.8, 4) is 0 Å². The summed E-state index contributed by atoms with van der Waals surface area (Å²) in [5, 5.41) is 0.198. The van der Waals surface area contributed by atoms with Gasteiger partial charge >= 0.3 is 5.92 Å². The Kier molecular flexibility index (Phi) is 3.45. The van der Waals surface area contributed by atoms with Gasteiger partial charge in [0, 0.05) is 16.5 Å².